The van der Waals surface area contributed by atoms with Crippen LogP contribution in [0.4, 0.5) is 10.5 Å². The normalized spacial score (nSPS) is 9.31. The molecule has 0 unspecified atom stereocenters. The van der Waals surface area contributed by atoms with Gasteiger partial charge in [0, 0.05) is 11.8 Å². The van der Waals surface area contributed by atoms with Crippen molar-refractivity contribution in [2.45, 2.75) is 0 Å². The van der Waals surface area contributed by atoms with Gasteiger partial charge in [-0.1, -0.05) is 6.07 Å². The number of carbonyl (C=O) groups is 2. The maximum atomic E-state index is 11.2. The lowest BCUT2D eigenvalue weighted by atomic mass is 10.3. The van der Waals surface area contributed by atoms with Crippen LogP contribution in [0, 0.1) is 0 Å². The van der Waals surface area contributed by atoms with E-state index >= 15 is 0 Å². The molecular weight excluding hydrogens is 212 g/mol. The number of methoxy groups -OCH3 is 1. The zero-order chi connectivity index (χ0) is 12.0. The molecule has 0 aliphatic carbocycles. The minimum atomic E-state index is -1.10. The Morgan fingerprint density at radius 3 is 2.81 bits per heavy atom. The van der Waals surface area contributed by atoms with Crippen LogP contribution in [0.1, 0.15) is 0 Å². The minimum Gasteiger partial charge on any atom is -0.497 e. The standard InChI is InChI=1S/C10H12N2O4/c1-16-8-4-2-3-7(5-8)12-10(15)11-6-9(13)14/h2-5H,6H2,1H3,(H,13,14)(H2,11,12,15). The Balaban J connectivity index is 2.52. The third-order valence-electron chi connectivity index (χ3n) is 1.73. The Kier molecular flexibility index (Phi) is 4.14. The molecule has 6 nitrogen and oxygen atoms in total. The molecule has 0 aliphatic rings. The number of urea groups is 1. The van der Waals surface area contributed by atoms with Crippen molar-refractivity contribution >= 4 is 17.7 Å². The Morgan fingerprint density at radius 1 is 1.44 bits per heavy atom. The average molecular weight is 224 g/mol. The van der Waals surface area contributed by atoms with Crippen LogP contribution in [0.3, 0.4) is 0 Å². The lowest BCUT2D eigenvalue weighted by Crippen LogP contribution is -2.33. The monoisotopic (exact) mass is 224 g/mol. The fraction of sp³-hybridized carbons (Fsp3) is 0.200. The van der Waals surface area contributed by atoms with E-state index in [1.165, 1.54) is 7.11 Å². The molecule has 0 fully saturated rings. The van der Waals surface area contributed by atoms with E-state index in [4.69, 9.17) is 9.84 Å². The topological polar surface area (TPSA) is 87.7 Å². The van der Waals surface area contributed by atoms with Crippen molar-refractivity contribution in [3.63, 3.8) is 0 Å². The number of hydrogen-bond acceptors (Lipinski definition) is 3. The van der Waals surface area contributed by atoms with E-state index in [1.54, 1.807) is 24.3 Å². The maximum Gasteiger partial charge on any atom is 0.323 e. The lowest BCUT2D eigenvalue weighted by Gasteiger charge is -2.07. The summed E-state index contributed by atoms with van der Waals surface area (Å²) in [6.45, 7) is -0.421. The molecule has 0 saturated carbocycles. The first kappa shape index (κ1) is 11.8. The molecule has 0 bridgehead atoms. The van der Waals surface area contributed by atoms with Crippen molar-refractivity contribution in [3.05, 3.63) is 24.3 Å². The number of hydrogen-bond donors (Lipinski definition) is 3. The van der Waals surface area contributed by atoms with E-state index in [0.717, 1.165) is 0 Å². The highest BCUT2D eigenvalue weighted by molar-refractivity contribution is 5.91. The summed E-state index contributed by atoms with van der Waals surface area (Å²) in [5.41, 5.74) is 0.530. The summed E-state index contributed by atoms with van der Waals surface area (Å²) in [5.74, 6) is -0.489. The summed E-state index contributed by atoms with van der Waals surface area (Å²) in [6, 6.07) is 6.17. The summed E-state index contributed by atoms with van der Waals surface area (Å²) in [4.78, 5) is 21.4. The van der Waals surface area contributed by atoms with Gasteiger partial charge in [-0.3, -0.25) is 4.79 Å². The zero-order valence-corrected chi connectivity index (χ0v) is 8.69. The molecule has 0 spiro atoms. The second kappa shape index (κ2) is 5.59. The molecule has 1 aromatic carbocycles. The quantitative estimate of drug-likeness (QED) is 0.709. The van der Waals surface area contributed by atoms with Crippen molar-refractivity contribution in [3.8, 4) is 5.75 Å². The smallest absolute Gasteiger partial charge is 0.323 e. The third-order valence-corrected chi connectivity index (χ3v) is 1.73. The summed E-state index contributed by atoms with van der Waals surface area (Å²) in [7, 11) is 1.52. The van der Waals surface area contributed by atoms with Gasteiger partial charge in [0.05, 0.1) is 7.11 Å². The van der Waals surface area contributed by atoms with Crippen molar-refractivity contribution in [1.29, 1.82) is 0 Å². The first-order valence-electron chi connectivity index (χ1n) is 4.52. The molecular formula is C10H12N2O4. The zero-order valence-electron chi connectivity index (χ0n) is 8.69. The van der Waals surface area contributed by atoms with Crippen LogP contribution < -0.4 is 15.4 Å². The second-order valence-corrected chi connectivity index (χ2v) is 2.93. The van der Waals surface area contributed by atoms with Gasteiger partial charge in [-0.2, -0.15) is 0 Å². The van der Waals surface area contributed by atoms with Crippen LogP contribution in [0.25, 0.3) is 0 Å². The number of carboxylic acids is 1. The van der Waals surface area contributed by atoms with Gasteiger partial charge in [-0.05, 0) is 12.1 Å². The van der Waals surface area contributed by atoms with Gasteiger partial charge < -0.3 is 20.5 Å². The van der Waals surface area contributed by atoms with Gasteiger partial charge >= 0.3 is 12.0 Å². The molecule has 1 rings (SSSR count). The fourth-order valence-corrected chi connectivity index (χ4v) is 1.03. The highest BCUT2D eigenvalue weighted by Gasteiger charge is 2.04. The molecule has 0 radical (unpaired) electrons. The van der Waals surface area contributed by atoms with Gasteiger partial charge in [0.2, 0.25) is 0 Å². The average Bonchev–Trinajstić information content (AvgIpc) is 2.26. The predicted molar refractivity (Wildman–Crippen MR) is 57.7 cm³/mol. The fourth-order valence-electron chi connectivity index (χ4n) is 1.03. The summed E-state index contributed by atoms with van der Waals surface area (Å²) in [6.07, 6.45) is 0. The van der Waals surface area contributed by atoms with Gasteiger partial charge in [-0.15, -0.1) is 0 Å². The first-order chi connectivity index (χ1) is 7.61. The minimum absolute atomic E-state index is 0.421. The Bertz CT molecular complexity index is 392. The van der Waals surface area contributed by atoms with E-state index in [0.29, 0.717) is 11.4 Å². The Morgan fingerprint density at radius 2 is 2.19 bits per heavy atom. The van der Waals surface area contributed by atoms with E-state index in [1.807, 2.05) is 0 Å². The van der Waals surface area contributed by atoms with E-state index in [9.17, 15) is 9.59 Å². The SMILES string of the molecule is COc1cccc(NC(=O)NCC(=O)O)c1. The number of rotatable bonds is 4. The maximum absolute atomic E-state index is 11.2. The number of anilines is 1. The molecule has 0 saturated heterocycles. The van der Waals surface area contributed by atoms with E-state index < -0.39 is 18.5 Å². The lowest BCUT2D eigenvalue weighted by molar-refractivity contribution is -0.135. The summed E-state index contributed by atoms with van der Waals surface area (Å²) in [5, 5.41) is 13.0. The van der Waals surface area contributed by atoms with Gasteiger partial charge in [-0.25, -0.2) is 4.79 Å². The molecule has 0 aliphatic heterocycles. The second-order valence-electron chi connectivity index (χ2n) is 2.93. The van der Waals surface area contributed by atoms with E-state index in [-0.39, 0.29) is 0 Å². The highest BCUT2D eigenvalue weighted by atomic mass is 16.5. The van der Waals surface area contributed by atoms with Crippen LogP contribution >= 0.6 is 0 Å². The number of carbonyl (C=O) groups excluding carboxylic acids is 1. The van der Waals surface area contributed by atoms with Gasteiger partial charge in [0.25, 0.3) is 0 Å². The van der Waals surface area contributed by atoms with Crippen molar-refractivity contribution in [1.82, 2.24) is 5.32 Å². The van der Waals surface area contributed by atoms with Crippen LogP contribution in [-0.4, -0.2) is 30.8 Å². The van der Waals surface area contributed by atoms with Crippen LogP contribution in [0.5, 0.6) is 5.75 Å². The van der Waals surface area contributed by atoms with Crippen molar-refractivity contribution < 1.29 is 19.4 Å². The molecule has 0 atom stereocenters. The van der Waals surface area contributed by atoms with Crippen molar-refractivity contribution in [2.75, 3.05) is 19.0 Å². The molecule has 1 aromatic rings. The van der Waals surface area contributed by atoms with Gasteiger partial charge in [0.1, 0.15) is 12.3 Å². The van der Waals surface area contributed by atoms with Crippen LogP contribution in [0.15, 0.2) is 24.3 Å². The summed E-state index contributed by atoms with van der Waals surface area (Å²) >= 11 is 0. The highest BCUT2D eigenvalue weighted by Crippen LogP contribution is 2.16. The molecule has 6 heteroatoms. The predicted octanol–water partition coefficient (Wildman–Crippen LogP) is 0.901. The van der Waals surface area contributed by atoms with Crippen molar-refractivity contribution in [2.24, 2.45) is 0 Å². The number of benzene rings is 1. The van der Waals surface area contributed by atoms with Crippen LogP contribution in [0.2, 0.25) is 0 Å². The summed E-state index contributed by atoms with van der Waals surface area (Å²) < 4.78 is 4.97. The molecule has 0 heterocycles. The number of carboxylic acid groups (broad SMARTS) is 1. The number of amides is 2. The van der Waals surface area contributed by atoms with Crippen LogP contribution in [-0.2, 0) is 4.79 Å². The number of nitrogens with one attached hydrogen (secondary N) is 2. The van der Waals surface area contributed by atoms with E-state index in [2.05, 4.69) is 10.6 Å². The Hall–Kier alpha value is -2.24. The molecule has 2 amide bonds. The number of aliphatic carboxylic acids is 1. The number of ether oxygens (including phenoxy) is 1. The largest absolute Gasteiger partial charge is 0.497 e. The molecule has 0 aromatic heterocycles. The molecule has 3 N–H and O–H groups in total. The third kappa shape index (κ3) is 3.87. The first-order valence-corrected chi connectivity index (χ1v) is 4.52. The molecule has 16 heavy (non-hydrogen) atoms. The van der Waals surface area contributed by atoms with Gasteiger partial charge in [0.15, 0.2) is 0 Å². The molecule has 86 valence electrons. The Labute approximate surface area is 92.2 Å².